The maximum atomic E-state index is 14.4. The Morgan fingerprint density at radius 2 is 1.80 bits per heavy atom. The number of alkyl halides is 2. The zero-order valence-electron chi connectivity index (χ0n) is 23.2. The molecule has 0 radical (unpaired) electrons. The van der Waals surface area contributed by atoms with Crippen molar-refractivity contribution in [2.45, 2.75) is 92.5 Å². The number of hydrogen-bond acceptors (Lipinski definition) is 2. The molecule has 1 unspecified atom stereocenters. The summed E-state index contributed by atoms with van der Waals surface area (Å²) in [5.41, 5.74) is 4.84. The van der Waals surface area contributed by atoms with Gasteiger partial charge >= 0.3 is 0 Å². The lowest BCUT2D eigenvalue weighted by molar-refractivity contribution is 0.0416. The third-order valence-corrected chi connectivity index (χ3v) is 6.64. The van der Waals surface area contributed by atoms with Crippen molar-refractivity contribution in [3.63, 3.8) is 0 Å². The van der Waals surface area contributed by atoms with Gasteiger partial charge in [-0.25, -0.2) is 8.78 Å². The van der Waals surface area contributed by atoms with Crippen molar-refractivity contribution < 1.29 is 8.78 Å². The highest BCUT2D eigenvalue weighted by Crippen LogP contribution is 2.37. The Morgan fingerprint density at radius 1 is 1.11 bits per heavy atom. The molecular weight excluding hydrogens is 438 g/mol. The molecule has 4 heteroatoms. The number of rotatable bonds is 10. The fourth-order valence-electron chi connectivity index (χ4n) is 4.12. The molecule has 0 spiro atoms. The Labute approximate surface area is 214 Å². The predicted molar refractivity (Wildman–Crippen MR) is 149 cm³/mol. The average molecular weight is 489 g/mol. The van der Waals surface area contributed by atoms with Crippen LogP contribution in [0.5, 0.6) is 0 Å². The van der Waals surface area contributed by atoms with Crippen molar-refractivity contribution in [2.24, 2.45) is 11.8 Å². The van der Waals surface area contributed by atoms with Crippen molar-refractivity contribution in [3.8, 4) is 0 Å². The predicted octanol–water partition coefficient (Wildman–Crippen LogP) is 8.04. The highest BCUT2D eigenvalue weighted by Gasteiger charge is 2.30. The summed E-state index contributed by atoms with van der Waals surface area (Å²) in [5.74, 6) is -1.42. The Bertz CT molecular complexity index is 800. The van der Waals surface area contributed by atoms with Gasteiger partial charge in [-0.1, -0.05) is 77.6 Å². The van der Waals surface area contributed by atoms with Gasteiger partial charge in [-0.3, -0.25) is 0 Å². The topological polar surface area (TPSA) is 24.1 Å². The third kappa shape index (κ3) is 11.7. The number of nitrogens with one attached hydrogen (secondary N) is 2. The van der Waals surface area contributed by atoms with Crippen LogP contribution in [0.2, 0.25) is 0 Å². The van der Waals surface area contributed by atoms with Gasteiger partial charge in [0.1, 0.15) is 0 Å². The third-order valence-electron chi connectivity index (χ3n) is 6.64. The van der Waals surface area contributed by atoms with Crippen molar-refractivity contribution in [2.75, 3.05) is 19.6 Å². The second-order valence-electron chi connectivity index (χ2n) is 9.56. The van der Waals surface area contributed by atoms with Gasteiger partial charge < -0.3 is 10.6 Å². The fraction of sp³-hybridized carbons (Fsp3) is 0.613. The van der Waals surface area contributed by atoms with Crippen LogP contribution in [-0.4, -0.2) is 25.6 Å². The van der Waals surface area contributed by atoms with E-state index in [-0.39, 0.29) is 12.1 Å². The summed E-state index contributed by atoms with van der Waals surface area (Å²) in [6, 6.07) is 6.26. The summed E-state index contributed by atoms with van der Waals surface area (Å²) in [6.07, 6.45) is 12.2. The Morgan fingerprint density at radius 3 is 2.29 bits per heavy atom. The first-order chi connectivity index (χ1) is 16.8. The molecule has 2 nitrogen and oxygen atoms in total. The van der Waals surface area contributed by atoms with E-state index in [4.69, 9.17) is 0 Å². The van der Waals surface area contributed by atoms with Crippen LogP contribution in [0.4, 0.5) is 8.78 Å². The molecule has 0 amide bonds. The minimum absolute atomic E-state index is 0.0839. The molecule has 198 valence electrons. The number of benzene rings is 1. The first-order valence-corrected chi connectivity index (χ1v) is 13.7. The van der Waals surface area contributed by atoms with Crippen molar-refractivity contribution in [1.29, 1.82) is 0 Å². The van der Waals surface area contributed by atoms with Gasteiger partial charge in [-0.05, 0) is 98.2 Å². The molecule has 2 fully saturated rings. The molecule has 2 N–H and O–H groups in total. The summed E-state index contributed by atoms with van der Waals surface area (Å²) < 4.78 is 28.7. The Kier molecular flexibility index (Phi) is 15.0. The number of halogens is 2. The van der Waals surface area contributed by atoms with Crippen LogP contribution >= 0.6 is 0 Å². The lowest BCUT2D eigenvalue weighted by Gasteiger charge is -2.18. The standard InChI is InChI=1S/C23H31F2N.C6H13N.C2H6/c1-5-19-11-9-18(14-21(19)7-3)15-26-16-23(24,25)17(4)8-10-20(6-2)22-12-13-22;1-6-3-2-4-7-5-6;1-2/h6,8-11,14,22,26H,2,5,7,12-13,15-16H2,1,3-4H3;6-7H,2-5H2,1H3;1-2H3/b17-8+,20-10+;;. The smallest absolute Gasteiger partial charge is 0.281 e. The lowest BCUT2D eigenvalue weighted by Crippen LogP contribution is -2.33. The minimum atomic E-state index is -2.86. The summed E-state index contributed by atoms with van der Waals surface area (Å²) in [4.78, 5) is 0. The van der Waals surface area contributed by atoms with E-state index in [9.17, 15) is 8.78 Å². The molecule has 1 atom stereocenters. The zero-order chi connectivity index (χ0) is 26.3. The molecule has 1 aliphatic carbocycles. The molecular formula is C31H50F2N2. The molecule has 1 heterocycles. The Hall–Kier alpha value is -1.78. The molecule has 1 saturated heterocycles. The first-order valence-electron chi connectivity index (χ1n) is 13.7. The van der Waals surface area contributed by atoms with Gasteiger partial charge in [-0.15, -0.1) is 0 Å². The van der Waals surface area contributed by atoms with E-state index in [1.807, 2.05) is 19.9 Å². The molecule has 1 aromatic rings. The van der Waals surface area contributed by atoms with E-state index >= 15 is 0 Å². The normalized spacial score (nSPS) is 18.7. The molecule has 1 aliphatic heterocycles. The maximum absolute atomic E-state index is 14.4. The monoisotopic (exact) mass is 488 g/mol. The van der Waals surface area contributed by atoms with Gasteiger partial charge in [-0.2, -0.15) is 0 Å². The summed E-state index contributed by atoms with van der Waals surface area (Å²) in [5, 5.41) is 6.25. The second kappa shape index (κ2) is 16.8. The highest BCUT2D eigenvalue weighted by atomic mass is 19.3. The summed E-state index contributed by atoms with van der Waals surface area (Å²) >= 11 is 0. The van der Waals surface area contributed by atoms with Gasteiger partial charge in [0, 0.05) is 6.54 Å². The van der Waals surface area contributed by atoms with Crippen LogP contribution in [0.3, 0.4) is 0 Å². The SMILES string of the molecule is C=C/C(=C\C=C(/C)C(F)(F)CNCc1ccc(CC)c(CC)c1)C1CC1.CC.CC1CCCNC1. The first kappa shape index (κ1) is 31.3. The van der Waals surface area contributed by atoms with Crippen molar-refractivity contribution >= 4 is 0 Å². The molecule has 1 saturated carbocycles. The quantitative estimate of drug-likeness (QED) is 0.326. The van der Waals surface area contributed by atoms with Crippen molar-refractivity contribution in [3.05, 3.63) is 70.8 Å². The summed E-state index contributed by atoms with van der Waals surface area (Å²) in [7, 11) is 0. The van der Waals surface area contributed by atoms with Crippen molar-refractivity contribution in [1.82, 2.24) is 10.6 Å². The average Bonchev–Trinajstić information content (AvgIpc) is 3.71. The number of piperidine rings is 1. The molecule has 2 aliphatic rings. The minimum Gasteiger partial charge on any atom is -0.316 e. The van der Waals surface area contributed by atoms with Gasteiger partial charge in [0.05, 0.1) is 6.54 Å². The largest absolute Gasteiger partial charge is 0.316 e. The fourth-order valence-corrected chi connectivity index (χ4v) is 4.12. The molecule has 0 bridgehead atoms. The van der Waals surface area contributed by atoms with Crippen LogP contribution in [0.15, 0.2) is 54.2 Å². The van der Waals surface area contributed by atoms with E-state index in [0.717, 1.165) is 42.7 Å². The molecule has 1 aromatic carbocycles. The molecule has 3 rings (SSSR count). The van der Waals surface area contributed by atoms with Crippen LogP contribution in [0.25, 0.3) is 0 Å². The van der Waals surface area contributed by atoms with Gasteiger partial charge in [0.2, 0.25) is 0 Å². The number of allylic oxidation sites excluding steroid dienone is 4. The second-order valence-corrected chi connectivity index (χ2v) is 9.56. The van der Waals surface area contributed by atoms with E-state index in [1.54, 1.807) is 18.2 Å². The Balaban J connectivity index is 0.000000574. The van der Waals surface area contributed by atoms with E-state index in [2.05, 4.69) is 50.1 Å². The van der Waals surface area contributed by atoms with Gasteiger partial charge in [0.25, 0.3) is 5.92 Å². The maximum Gasteiger partial charge on any atom is 0.281 e. The zero-order valence-corrected chi connectivity index (χ0v) is 23.2. The summed E-state index contributed by atoms with van der Waals surface area (Å²) in [6.45, 7) is 18.4. The highest BCUT2D eigenvalue weighted by molar-refractivity contribution is 5.33. The molecule has 35 heavy (non-hydrogen) atoms. The number of hydrogen-bond donors (Lipinski definition) is 2. The van der Waals surface area contributed by atoms with E-state index < -0.39 is 5.92 Å². The van der Waals surface area contributed by atoms with Gasteiger partial charge in [0.15, 0.2) is 0 Å². The van der Waals surface area contributed by atoms with Crippen LogP contribution < -0.4 is 10.6 Å². The number of aryl methyl sites for hydroxylation is 2. The lowest BCUT2D eigenvalue weighted by atomic mass is 10.00. The van der Waals surface area contributed by atoms with Crippen LogP contribution in [0, 0.1) is 11.8 Å². The molecule has 0 aromatic heterocycles. The van der Waals surface area contributed by atoms with Crippen LogP contribution in [0.1, 0.15) is 83.9 Å². The van der Waals surface area contributed by atoms with Crippen LogP contribution in [-0.2, 0) is 19.4 Å². The van der Waals surface area contributed by atoms with E-state index in [0.29, 0.717) is 12.5 Å². The van der Waals surface area contributed by atoms with E-state index in [1.165, 1.54) is 44.0 Å².